The third-order valence-electron chi connectivity index (χ3n) is 3.64. The Bertz CT molecular complexity index is 678. The second-order valence-electron chi connectivity index (χ2n) is 5.75. The molecular formula is C17H21ClFN3OS. The minimum Gasteiger partial charge on any atom is -0.467 e. The average Bonchev–Trinajstić information content (AvgIpc) is 3.05. The Morgan fingerprint density at radius 3 is 2.67 bits per heavy atom. The maximum Gasteiger partial charge on any atom is 0.174 e. The number of halogens is 2. The Morgan fingerprint density at radius 1 is 1.33 bits per heavy atom. The van der Waals surface area contributed by atoms with Gasteiger partial charge in [0.1, 0.15) is 11.6 Å². The van der Waals surface area contributed by atoms with Crippen molar-refractivity contribution in [3.63, 3.8) is 0 Å². The normalized spacial score (nSPS) is 12.2. The van der Waals surface area contributed by atoms with Gasteiger partial charge in [0.15, 0.2) is 5.11 Å². The quantitative estimate of drug-likeness (QED) is 0.763. The summed E-state index contributed by atoms with van der Waals surface area (Å²) in [4.78, 5) is 4.12. The van der Waals surface area contributed by atoms with E-state index in [1.807, 2.05) is 38.1 Å². The van der Waals surface area contributed by atoms with Crippen LogP contribution in [0, 0.1) is 5.82 Å². The number of furan rings is 1. The lowest BCUT2D eigenvalue weighted by atomic mass is 10.2. The molecule has 0 bridgehead atoms. The molecular weight excluding hydrogens is 349 g/mol. The van der Waals surface area contributed by atoms with Crippen LogP contribution in [0.25, 0.3) is 0 Å². The second kappa shape index (κ2) is 8.46. The first-order valence-corrected chi connectivity index (χ1v) is 8.38. The van der Waals surface area contributed by atoms with Gasteiger partial charge in [0, 0.05) is 18.8 Å². The molecule has 2 aromatic rings. The van der Waals surface area contributed by atoms with Gasteiger partial charge in [-0.3, -0.25) is 0 Å². The number of rotatable bonds is 6. The first kappa shape index (κ1) is 18.7. The summed E-state index contributed by atoms with van der Waals surface area (Å²) in [5.41, 5.74) is 0.646. The predicted octanol–water partition coefficient (Wildman–Crippen LogP) is 4.39. The number of benzene rings is 1. The van der Waals surface area contributed by atoms with Crippen LogP contribution in [0.2, 0.25) is 5.02 Å². The number of thiocarbonyl (C=S) groups is 1. The van der Waals surface area contributed by atoms with Crippen LogP contribution in [-0.4, -0.2) is 42.1 Å². The molecule has 1 atom stereocenters. The predicted molar refractivity (Wildman–Crippen MR) is 100 cm³/mol. The van der Waals surface area contributed by atoms with Crippen molar-refractivity contribution >= 4 is 34.6 Å². The van der Waals surface area contributed by atoms with E-state index >= 15 is 0 Å². The minimum absolute atomic E-state index is 0.0316. The van der Waals surface area contributed by atoms with E-state index in [2.05, 4.69) is 10.2 Å². The zero-order valence-corrected chi connectivity index (χ0v) is 15.5. The Labute approximate surface area is 152 Å². The lowest BCUT2D eigenvalue weighted by Gasteiger charge is -2.31. The first-order valence-electron chi connectivity index (χ1n) is 7.59. The van der Waals surface area contributed by atoms with Crippen molar-refractivity contribution in [1.82, 2.24) is 9.80 Å². The summed E-state index contributed by atoms with van der Waals surface area (Å²) in [7, 11) is 4.01. The van der Waals surface area contributed by atoms with Crippen molar-refractivity contribution in [2.24, 2.45) is 0 Å². The summed E-state index contributed by atoms with van der Waals surface area (Å²) < 4.78 is 18.8. The van der Waals surface area contributed by atoms with Gasteiger partial charge >= 0.3 is 0 Å². The standard InChI is InChI=1S/C17H21ClFN3OS/c1-12(16-5-4-10-23-16)22(9-8-21(2)3)17(24)20-13-6-7-15(19)14(18)11-13/h4-7,10-12H,8-9H2,1-3H3,(H,20,24). The number of nitrogens with one attached hydrogen (secondary N) is 1. The van der Waals surface area contributed by atoms with Crippen molar-refractivity contribution in [3.8, 4) is 0 Å². The maximum absolute atomic E-state index is 13.3. The highest BCUT2D eigenvalue weighted by atomic mass is 35.5. The van der Waals surface area contributed by atoms with Gasteiger partial charge in [-0.25, -0.2) is 4.39 Å². The smallest absolute Gasteiger partial charge is 0.174 e. The number of hydrogen-bond donors (Lipinski definition) is 1. The third kappa shape index (κ3) is 4.93. The zero-order valence-electron chi connectivity index (χ0n) is 13.9. The van der Waals surface area contributed by atoms with Crippen LogP contribution in [0.3, 0.4) is 0 Å². The Hall–Kier alpha value is -1.63. The summed E-state index contributed by atoms with van der Waals surface area (Å²) in [5, 5.41) is 3.71. The van der Waals surface area contributed by atoms with E-state index in [4.69, 9.17) is 28.2 Å². The summed E-state index contributed by atoms with van der Waals surface area (Å²) in [6, 6.07) is 8.18. The van der Waals surface area contributed by atoms with Crippen molar-refractivity contribution in [2.75, 3.05) is 32.5 Å². The highest BCUT2D eigenvalue weighted by Crippen LogP contribution is 2.23. The fourth-order valence-electron chi connectivity index (χ4n) is 2.23. The molecule has 4 nitrogen and oxygen atoms in total. The Kier molecular flexibility index (Phi) is 6.60. The average molecular weight is 370 g/mol. The van der Waals surface area contributed by atoms with E-state index in [1.165, 1.54) is 12.1 Å². The molecule has 1 aromatic carbocycles. The zero-order chi connectivity index (χ0) is 17.7. The SMILES string of the molecule is CC(c1ccco1)N(CCN(C)C)C(=S)Nc1ccc(F)c(Cl)c1. The maximum atomic E-state index is 13.3. The first-order chi connectivity index (χ1) is 11.4. The number of nitrogens with zero attached hydrogens (tertiary/aromatic N) is 2. The molecule has 1 heterocycles. The minimum atomic E-state index is -0.457. The molecule has 130 valence electrons. The molecule has 0 fully saturated rings. The van der Waals surface area contributed by atoms with Crippen LogP contribution in [0.15, 0.2) is 41.0 Å². The summed E-state index contributed by atoms with van der Waals surface area (Å²) >= 11 is 11.4. The van der Waals surface area contributed by atoms with Crippen LogP contribution < -0.4 is 5.32 Å². The van der Waals surface area contributed by atoms with Gasteiger partial charge in [0.25, 0.3) is 0 Å². The molecule has 1 aromatic heterocycles. The van der Waals surface area contributed by atoms with Gasteiger partial charge in [0.2, 0.25) is 0 Å². The van der Waals surface area contributed by atoms with Gasteiger partial charge in [-0.15, -0.1) is 0 Å². The van der Waals surface area contributed by atoms with E-state index in [0.29, 0.717) is 10.8 Å². The highest BCUT2D eigenvalue weighted by molar-refractivity contribution is 7.80. The summed E-state index contributed by atoms with van der Waals surface area (Å²) in [5.74, 6) is 0.372. The molecule has 1 unspecified atom stereocenters. The number of likely N-dealkylation sites (N-methyl/N-ethyl adjacent to an activating group) is 1. The van der Waals surface area contributed by atoms with Crippen LogP contribution in [-0.2, 0) is 0 Å². The second-order valence-corrected chi connectivity index (χ2v) is 6.54. The van der Waals surface area contributed by atoms with Crippen LogP contribution in [0.5, 0.6) is 0 Å². The molecule has 0 radical (unpaired) electrons. The van der Waals surface area contributed by atoms with E-state index in [9.17, 15) is 4.39 Å². The molecule has 7 heteroatoms. The van der Waals surface area contributed by atoms with E-state index in [1.54, 1.807) is 12.3 Å². The monoisotopic (exact) mass is 369 g/mol. The molecule has 0 aliphatic carbocycles. The van der Waals surface area contributed by atoms with E-state index in [0.717, 1.165) is 18.8 Å². The summed E-state index contributed by atoms with van der Waals surface area (Å²) in [6.45, 7) is 3.58. The molecule has 0 aliphatic rings. The lowest BCUT2D eigenvalue weighted by Crippen LogP contribution is -2.40. The molecule has 0 spiro atoms. The fraction of sp³-hybridized carbons (Fsp3) is 0.353. The molecule has 24 heavy (non-hydrogen) atoms. The third-order valence-corrected chi connectivity index (χ3v) is 4.27. The number of anilines is 1. The summed E-state index contributed by atoms with van der Waals surface area (Å²) in [6.07, 6.45) is 1.65. The van der Waals surface area contributed by atoms with E-state index < -0.39 is 5.82 Å². The van der Waals surface area contributed by atoms with Gasteiger partial charge in [-0.05, 0) is 63.6 Å². The van der Waals surface area contributed by atoms with Gasteiger partial charge < -0.3 is 19.5 Å². The largest absolute Gasteiger partial charge is 0.467 e. The van der Waals surface area contributed by atoms with Gasteiger partial charge in [-0.1, -0.05) is 11.6 Å². The van der Waals surface area contributed by atoms with Crippen LogP contribution in [0.1, 0.15) is 18.7 Å². The van der Waals surface area contributed by atoms with Crippen molar-refractivity contribution < 1.29 is 8.81 Å². The van der Waals surface area contributed by atoms with Gasteiger partial charge in [-0.2, -0.15) is 0 Å². The Morgan fingerprint density at radius 2 is 2.08 bits per heavy atom. The van der Waals surface area contributed by atoms with Crippen molar-refractivity contribution in [3.05, 3.63) is 53.2 Å². The molecule has 0 aliphatic heterocycles. The van der Waals surface area contributed by atoms with Crippen molar-refractivity contribution in [2.45, 2.75) is 13.0 Å². The molecule has 0 amide bonds. The fourth-order valence-corrected chi connectivity index (χ4v) is 2.78. The van der Waals surface area contributed by atoms with Crippen LogP contribution >= 0.6 is 23.8 Å². The number of hydrogen-bond acceptors (Lipinski definition) is 3. The molecule has 2 rings (SSSR count). The molecule has 0 saturated heterocycles. The van der Waals surface area contributed by atoms with Gasteiger partial charge in [0.05, 0.1) is 17.3 Å². The topological polar surface area (TPSA) is 31.7 Å². The molecule has 0 saturated carbocycles. The Balaban J connectivity index is 2.15. The molecule has 1 N–H and O–H groups in total. The lowest BCUT2D eigenvalue weighted by molar-refractivity contribution is 0.263. The highest BCUT2D eigenvalue weighted by Gasteiger charge is 2.21. The van der Waals surface area contributed by atoms with Crippen molar-refractivity contribution in [1.29, 1.82) is 0 Å². The van der Waals surface area contributed by atoms with Crippen LogP contribution in [0.4, 0.5) is 10.1 Å². The van der Waals surface area contributed by atoms with E-state index in [-0.39, 0.29) is 11.1 Å².